The summed E-state index contributed by atoms with van der Waals surface area (Å²) in [5.74, 6) is -0.393. The molecule has 0 saturated heterocycles. The number of aromatic nitrogens is 3. The van der Waals surface area contributed by atoms with Gasteiger partial charge >= 0.3 is 0 Å². The predicted octanol–water partition coefficient (Wildman–Crippen LogP) is 3.57. The van der Waals surface area contributed by atoms with E-state index in [-0.39, 0.29) is 29.8 Å². The van der Waals surface area contributed by atoms with Crippen molar-refractivity contribution in [3.63, 3.8) is 0 Å². The van der Waals surface area contributed by atoms with Crippen LogP contribution in [0, 0.1) is 17.1 Å². The number of hydrogen-bond donors (Lipinski definition) is 2. The minimum Gasteiger partial charge on any atom is -0.382 e. The van der Waals surface area contributed by atoms with Crippen LogP contribution < -0.4 is 5.73 Å². The molecule has 3 N–H and O–H groups in total. The third-order valence-corrected chi connectivity index (χ3v) is 4.71. The number of Topliss-reactive ketones (excluding diaryl/α,β-unsaturated/α-hetero) is 1. The van der Waals surface area contributed by atoms with E-state index in [9.17, 15) is 9.18 Å². The molecule has 0 radical (unpaired) electrons. The summed E-state index contributed by atoms with van der Waals surface area (Å²) in [6.07, 6.45) is 1.68. The average molecular weight is 385 g/mol. The maximum atomic E-state index is 14.1. The molecule has 29 heavy (non-hydrogen) atoms. The van der Waals surface area contributed by atoms with Crippen molar-refractivity contribution in [3.05, 3.63) is 77.2 Å². The van der Waals surface area contributed by atoms with Gasteiger partial charge in [-0.2, -0.15) is 10.4 Å². The number of hydrogen-bond acceptors (Lipinski definition) is 5. The van der Waals surface area contributed by atoms with E-state index in [0.29, 0.717) is 11.5 Å². The first-order chi connectivity index (χ1) is 14.1. The van der Waals surface area contributed by atoms with E-state index in [4.69, 9.17) is 11.0 Å². The summed E-state index contributed by atoms with van der Waals surface area (Å²) < 4.78 is 14.1. The minimum absolute atomic E-state index is 0.0611. The molecule has 0 atom stereocenters. The van der Waals surface area contributed by atoms with E-state index < -0.39 is 5.82 Å². The highest BCUT2D eigenvalue weighted by atomic mass is 19.1. The van der Waals surface area contributed by atoms with Gasteiger partial charge in [-0.15, -0.1) is 0 Å². The minimum atomic E-state index is -0.636. The number of carbonyl (C=O) groups excluding carboxylic acids is 1. The van der Waals surface area contributed by atoms with E-state index in [2.05, 4.69) is 15.2 Å². The second-order valence-corrected chi connectivity index (χ2v) is 6.67. The molecule has 0 spiro atoms. The fourth-order valence-electron chi connectivity index (χ4n) is 3.30. The van der Waals surface area contributed by atoms with E-state index >= 15 is 0 Å². The van der Waals surface area contributed by atoms with Crippen LogP contribution in [0.5, 0.6) is 0 Å². The lowest BCUT2D eigenvalue weighted by molar-refractivity contribution is -0.117. The normalized spacial score (nSPS) is 10.8. The summed E-state index contributed by atoms with van der Waals surface area (Å²) in [4.78, 5) is 16.8. The number of anilines is 1. The molecular weight excluding hydrogens is 369 g/mol. The molecule has 7 heteroatoms. The summed E-state index contributed by atoms with van der Waals surface area (Å²) in [5, 5.41) is 16.6. The quantitative estimate of drug-likeness (QED) is 0.546. The van der Waals surface area contributed by atoms with Crippen molar-refractivity contribution in [1.29, 1.82) is 5.26 Å². The van der Waals surface area contributed by atoms with Gasteiger partial charge in [0.1, 0.15) is 17.7 Å². The Labute approximate surface area is 165 Å². The smallest absolute Gasteiger partial charge is 0.153 e. The van der Waals surface area contributed by atoms with Gasteiger partial charge in [-0.3, -0.25) is 14.9 Å². The zero-order valence-electron chi connectivity index (χ0n) is 15.3. The molecule has 0 unspecified atom stereocenters. The lowest BCUT2D eigenvalue weighted by Gasteiger charge is -2.06. The Hall–Kier alpha value is -4.05. The molecule has 0 bridgehead atoms. The molecule has 0 aliphatic rings. The molecule has 4 rings (SSSR count). The second kappa shape index (κ2) is 7.52. The number of fused-ring (bicyclic) bond motifs is 1. The number of aromatic amines is 1. The topological polar surface area (TPSA) is 108 Å². The highest BCUT2D eigenvalue weighted by Gasteiger charge is 2.14. The number of nitriles is 1. The van der Waals surface area contributed by atoms with Crippen molar-refractivity contribution >= 4 is 22.5 Å². The molecular formula is C22H16FN5O. The first kappa shape index (κ1) is 18.3. The van der Waals surface area contributed by atoms with Crippen LogP contribution in [0.2, 0.25) is 0 Å². The van der Waals surface area contributed by atoms with Gasteiger partial charge in [-0.05, 0) is 29.3 Å². The van der Waals surface area contributed by atoms with E-state index in [0.717, 1.165) is 22.0 Å². The molecule has 0 fully saturated rings. The van der Waals surface area contributed by atoms with Crippen LogP contribution in [0.4, 0.5) is 10.2 Å². The molecule has 6 nitrogen and oxygen atoms in total. The van der Waals surface area contributed by atoms with E-state index in [1.54, 1.807) is 18.3 Å². The number of nitrogens with two attached hydrogens (primary N) is 1. The van der Waals surface area contributed by atoms with Gasteiger partial charge in [-0.1, -0.05) is 30.3 Å². The lowest BCUT2D eigenvalue weighted by atomic mass is 10.0. The Morgan fingerprint density at radius 3 is 2.72 bits per heavy atom. The molecule has 0 aliphatic carbocycles. The number of nitrogens with one attached hydrogen (secondary N) is 1. The third kappa shape index (κ3) is 3.56. The Morgan fingerprint density at radius 2 is 1.97 bits per heavy atom. The molecule has 4 aromatic rings. The van der Waals surface area contributed by atoms with Crippen molar-refractivity contribution in [2.75, 3.05) is 5.73 Å². The predicted molar refractivity (Wildman–Crippen MR) is 107 cm³/mol. The monoisotopic (exact) mass is 385 g/mol. The van der Waals surface area contributed by atoms with Gasteiger partial charge in [0.15, 0.2) is 5.82 Å². The number of carbonyl (C=O) groups is 1. The van der Waals surface area contributed by atoms with Gasteiger partial charge in [0.2, 0.25) is 0 Å². The number of nitrogens with zero attached hydrogens (tertiary/aromatic N) is 3. The van der Waals surface area contributed by atoms with Crippen molar-refractivity contribution in [1.82, 2.24) is 15.2 Å². The highest BCUT2D eigenvalue weighted by Crippen LogP contribution is 2.30. The summed E-state index contributed by atoms with van der Waals surface area (Å²) in [5.41, 5.74) is 9.22. The largest absolute Gasteiger partial charge is 0.382 e. The van der Waals surface area contributed by atoms with Crippen LogP contribution in [0.25, 0.3) is 22.2 Å². The summed E-state index contributed by atoms with van der Waals surface area (Å²) in [7, 11) is 0. The zero-order chi connectivity index (χ0) is 20.4. The lowest BCUT2D eigenvalue weighted by Crippen LogP contribution is -2.09. The van der Waals surface area contributed by atoms with Crippen LogP contribution in [0.3, 0.4) is 0 Å². The van der Waals surface area contributed by atoms with Gasteiger partial charge in [0.25, 0.3) is 0 Å². The highest BCUT2D eigenvalue weighted by molar-refractivity contribution is 6.00. The van der Waals surface area contributed by atoms with Crippen LogP contribution in [-0.2, 0) is 17.6 Å². The van der Waals surface area contributed by atoms with Crippen molar-refractivity contribution in [2.45, 2.75) is 12.8 Å². The van der Waals surface area contributed by atoms with Gasteiger partial charge < -0.3 is 5.73 Å². The van der Waals surface area contributed by atoms with Crippen molar-refractivity contribution in [2.24, 2.45) is 0 Å². The molecule has 0 amide bonds. The molecule has 2 heterocycles. The molecule has 2 aromatic heterocycles. The number of H-pyrrole nitrogens is 1. The third-order valence-electron chi connectivity index (χ3n) is 4.71. The average Bonchev–Trinajstić information content (AvgIpc) is 3.11. The fraction of sp³-hybridized carbons (Fsp3) is 0.0909. The van der Waals surface area contributed by atoms with Crippen molar-refractivity contribution < 1.29 is 9.18 Å². The molecule has 2 aromatic carbocycles. The number of halogens is 1. The molecule has 0 aliphatic heterocycles. The van der Waals surface area contributed by atoms with Crippen LogP contribution in [-0.4, -0.2) is 21.0 Å². The van der Waals surface area contributed by atoms with E-state index in [1.165, 1.54) is 12.1 Å². The van der Waals surface area contributed by atoms with Crippen LogP contribution in [0.1, 0.15) is 16.7 Å². The van der Waals surface area contributed by atoms with Gasteiger partial charge in [0.05, 0.1) is 22.2 Å². The van der Waals surface area contributed by atoms with E-state index in [1.807, 2.05) is 30.3 Å². The number of ketones is 1. The maximum Gasteiger partial charge on any atom is 0.153 e. The van der Waals surface area contributed by atoms with Crippen molar-refractivity contribution in [3.8, 4) is 17.3 Å². The number of benzene rings is 2. The van der Waals surface area contributed by atoms with Crippen LogP contribution in [0.15, 0.2) is 54.7 Å². The summed E-state index contributed by atoms with van der Waals surface area (Å²) >= 11 is 0. The second-order valence-electron chi connectivity index (χ2n) is 6.67. The number of nitrogen functional groups attached to an aromatic ring is 1. The standard InChI is InChI=1S/C22H16FN5O/c23-21-14(3-1-4-15(21)11-24)10-16(29)9-13-7-8-18(26-12-13)17-5-2-6-19-20(17)22(25)28-27-19/h1-8,12H,9-10H2,(H3,25,27,28). The number of rotatable bonds is 5. The van der Waals surface area contributed by atoms with Crippen LogP contribution >= 0.6 is 0 Å². The summed E-state index contributed by atoms with van der Waals surface area (Å²) in [6, 6.07) is 15.6. The summed E-state index contributed by atoms with van der Waals surface area (Å²) in [6.45, 7) is 0. The fourth-order valence-corrected chi connectivity index (χ4v) is 3.30. The Kier molecular flexibility index (Phi) is 4.75. The molecule has 142 valence electrons. The first-order valence-electron chi connectivity index (χ1n) is 8.94. The first-order valence-corrected chi connectivity index (χ1v) is 8.94. The Bertz CT molecular complexity index is 1250. The Balaban J connectivity index is 1.52. The Morgan fingerprint density at radius 1 is 1.14 bits per heavy atom. The maximum absolute atomic E-state index is 14.1. The number of pyridine rings is 1. The zero-order valence-corrected chi connectivity index (χ0v) is 15.3. The molecule has 0 saturated carbocycles. The van der Waals surface area contributed by atoms with Gasteiger partial charge in [0, 0.05) is 24.6 Å². The SMILES string of the molecule is N#Cc1cccc(CC(=O)Cc2ccc(-c3cccc4[nH]nc(N)c34)nc2)c1F. The van der Waals surface area contributed by atoms with Gasteiger partial charge in [-0.25, -0.2) is 4.39 Å².